The number of amides is 1. The summed E-state index contributed by atoms with van der Waals surface area (Å²) in [5, 5.41) is 11.8. The number of aromatic nitrogens is 5. The maximum Gasteiger partial charge on any atom is 0.350 e. The third-order valence-electron chi connectivity index (χ3n) is 5.28. The van der Waals surface area contributed by atoms with Crippen molar-refractivity contribution in [1.82, 2.24) is 24.3 Å². The fraction of sp³-hybridized carbons (Fsp3) is 0.125. The van der Waals surface area contributed by atoms with Crippen LogP contribution in [0.3, 0.4) is 0 Å². The van der Waals surface area contributed by atoms with E-state index in [-0.39, 0.29) is 18.3 Å². The Morgan fingerprint density at radius 1 is 1.12 bits per heavy atom. The number of aryl methyl sites for hydroxylation is 1. The smallest absolute Gasteiger partial charge is 0.333 e. The van der Waals surface area contributed by atoms with Crippen molar-refractivity contribution >= 4 is 28.8 Å². The van der Waals surface area contributed by atoms with Gasteiger partial charge in [-0.25, -0.2) is 13.9 Å². The van der Waals surface area contributed by atoms with Gasteiger partial charge >= 0.3 is 5.69 Å². The Labute approximate surface area is 198 Å². The van der Waals surface area contributed by atoms with Crippen molar-refractivity contribution in [1.29, 1.82) is 0 Å². The molecule has 0 spiro atoms. The van der Waals surface area contributed by atoms with E-state index in [9.17, 15) is 9.59 Å². The molecule has 0 aliphatic heterocycles. The number of carbonyl (C=O) groups is 1. The number of rotatable bonds is 6. The first-order chi connectivity index (χ1) is 16.5. The number of pyridine rings is 1. The van der Waals surface area contributed by atoms with Crippen LogP contribution in [0.15, 0.2) is 76.2 Å². The van der Waals surface area contributed by atoms with Crippen LogP contribution in [0.4, 0.5) is 5.69 Å². The van der Waals surface area contributed by atoms with Crippen LogP contribution in [0.2, 0.25) is 5.02 Å². The third kappa shape index (κ3) is 4.20. The molecule has 0 aliphatic rings. The minimum absolute atomic E-state index is 0.202. The molecule has 0 saturated carbocycles. The highest BCUT2D eigenvalue weighted by molar-refractivity contribution is 6.30. The standard InChI is InChI=1S/C24H19ClN6O3/c1-2-15-5-3-6-18(13-15)26-20(32)14-31-24(33)30-12-4-7-19(22(30)28-31)23-27-21(29-34-23)16-8-10-17(25)11-9-16/h3-13H,2,14H2,1H3,(H,26,32). The van der Waals surface area contributed by atoms with E-state index < -0.39 is 5.69 Å². The van der Waals surface area contributed by atoms with Crippen LogP contribution in [-0.4, -0.2) is 30.2 Å². The van der Waals surface area contributed by atoms with Crippen molar-refractivity contribution in [3.63, 3.8) is 0 Å². The quantitative estimate of drug-likeness (QED) is 0.397. The van der Waals surface area contributed by atoms with E-state index in [1.165, 1.54) is 4.40 Å². The second-order valence-corrected chi connectivity index (χ2v) is 8.02. The molecule has 34 heavy (non-hydrogen) atoms. The van der Waals surface area contributed by atoms with Crippen LogP contribution < -0.4 is 11.0 Å². The first kappa shape index (κ1) is 21.6. The summed E-state index contributed by atoms with van der Waals surface area (Å²) in [7, 11) is 0. The lowest BCUT2D eigenvalue weighted by Gasteiger charge is -2.06. The Balaban J connectivity index is 1.43. The largest absolute Gasteiger partial charge is 0.350 e. The van der Waals surface area contributed by atoms with Crippen molar-refractivity contribution in [3.05, 3.63) is 87.9 Å². The summed E-state index contributed by atoms with van der Waals surface area (Å²) >= 11 is 5.94. The zero-order valence-electron chi connectivity index (χ0n) is 18.1. The van der Waals surface area contributed by atoms with E-state index in [4.69, 9.17) is 16.1 Å². The minimum atomic E-state index is -0.452. The van der Waals surface area contributed by atoms with Crippen molar-refractivity contribution in [3.8, 4) is 22.8 Å². The number of nitrogens with zero attached hydrogens (tertiary/aromatic N) is 5. The van der Waals surface area contributed by atoms with Crippen LogP contribution >= 0.6 is 11.6 Å². The predicted octanol–water partition coefficient (Wildman–Crippen LogP) is 4.07. The maximum atomic E-state index is 12.9. The van der Waals surface area contributed by atoms with Gasteiger partial charge in [-0.1, -0.05) is 35.8 Å². The summed E-state index contributed by atoms with van der Waals surface area (Å²) in [4.78, 5) is 29.9. The number of hydrogen-bond acceptors (Lipinski definition) is 6. The summed E-state index contributed by atoms with van der Waals surface area (Å²) in [6.07, 6.45) is 2.43. The van der Waals surface area contributed by atoms with E-state index in [1.807, 2.05) is 25.1 Å². The molecule has 0 radical (unpaired) electrons. The number of carbonyl (C=O) groups excluding carboxylic acids is 1. The summed E-state index contributed by atoms with van der Waals surface area (Å²) in [6.45, 7) is 1.80. The molecular formula is C24H19ClN6O3. The van der Waals surface area contributed by atoms with Gasteiger partial charge in [0.15, 0.2) is 5.65 Å². The molecule has 3 heterocycles. The van der Waals surface area contributed by atoms with E-state index >= 15 is 0 Å². The van der Waals surface area contributed by atoms with Gasteiger partial charge in [-0.05, 0) is 60.5 Å². The van der Waals surface area contributed by atoms with Gasteiger partial charge in [0.1, 0.15) is 6.54 Å². The molecule has 0 fully saturated rings. The van der Waals surface area contributed by atoms with Gasteiger partial charge in [0, 0.05) is 22.5 Å². The topological polar surface area (TPSA) is 107 Å². The first-order valence-electron chi connectivity index (χ1n) is 10.6. The molecule has 0 aliphatic carbocycles. The molecule has 3 aromatic heterocycles. The molecule has 9 nitrogen and oxygen atoms in total. The molecule has 0 atom stereocenters. The second-order valence-electron chi connectivity index (χ2n) is 7.59. The Kier molecular flexibility index (Phi) is 5.69. The lowest BCUT2D eigenvalue weighted by atomic mass is 10.1. The van der Waals surface area contributed by atoms with Gasteiger partial charge in [-0.2, -0.15) is 4.98 Å². The van der Waals surface area contributed by atoms with Gasteiger partial charge in [0.05, 0.1) is 5.56 Å². The van der Waals surface area contributed by atoms with Crippen molar-refractivity contribution in [2.45, 2.75) is 19.9 Å². The molecule has 0 unspecified atom stereocenters. The van der Waals surface area contributed by atoms with E-state index in [0.29, 0.717) is 27.7 Å². The zero-order valence-corrected chi connectivity index (χ0v) is 18.9. The zero-order chi connectivity index (χ0) is 23.7. The van der Waals surface area contributed by atoms with Gasteiger partial charge in [0.25, 0.3) is 5.89 Å². The van der Waals surface area contributed by atoms with Crippen molar-refractivity contribution in [2.75, 3.05) is 5.32 Å². The SMILES string of the molecule is CCc1cccc(NC(=O)Cn2nc3c(-c4nc(-c5ccc(Cl)cc5)no4)cccn3c2=O)c1. The number of anilines is 1. The third-order valence-corrected chi connectivity index (χ3v) is 5.53. The lowest BCUT2D eigenvalue weighted by Crippen LogP contribution is -2.28. The molecule has 2 aromatic carbocycles. The number of benzene rings is 2. The molecule has 170 valence electrons. The number of hydrogen-bond donors (Lipinski definition) is 1. The number of nitrogens with one attached hydrogen (secondary N) is 1. The number of fused-ring (bicyclic) bond motifs is 1. The van der Waals surface area contributed by atoms with Crippen LogP contribution in [0.25, 0.3) is 28.5 Å². The fourth-order valence-corrected chi connectivity index (χ4v) is 3.69. The van der Waals surface area contributed by atoms with Crippen molar-refractivity contribution in [2.24, 2.45) is 0 Å². The van der Waals surface area contributed by atoms with Gasteiger partial charge in [-0.3, -0.25) is 4.79 Å². The monoisotopic (exact) mass is 474 g/mol. The molecule has 0 bridgehead atoms. The van der Waals surface area contributed by atoms with Crippen LogP contribution in [0.5, 0.6) is 0 Å². The summed E-state index contributed by atoms with van der Waals surface area (Å²) in [5.41, 5.74) is 2.83. The minimum Gasteiger partial charge on any atom is -0.333 e. The summed E-state index contributed by atoms with van der Waals surface area (Å²) in [5.74, 6) is 0.223. The van der Waals surface area contributed by atoms with Gasteiger partial charge in [-0.15, -0.1) is 5.10 Å². The van der Waals surface area contributed by atoms with Gasteiger partial charge < -0.3 is 9.84 Å². The van der Waals surface area contributed by atoms with Crippen molar-refractivity contribution < 1.29 is 9.32 Å². The highest BCUT2D eigenvalue weighted by atomic mass is 35.5. The molecule has 5 rings (SSSR count). The highest BCUT2D eigenvalue weighted by Gasteiger charge is 2.18. The molecule has 10 heteroatoms. The van der Waals surface area contributed by atoms with E-state index in [1.54, 1.807) is 48.7 Å². The van der Waals surface area contributed by atoms with Crippen LogP contribution in [-0.2, 0) is 17.8 Å². The predicted molar refractivity (Wildman–Crippen MR) is 128 cm³/mol. The second kappa shape index (κ2) is 8.95. The first-order valence-corrected chi connectivity index (χ1v) is 11.0. The van der Waals surface area contributed by atoms with Crippen LogP contribution in [0.1, 0.15) is 12.5 Å². The Bertz CT molecular complexity index is 1550. The van der Waals surface area contributed by atoms with Crippen LogP contribution in [0, 0.1) is 0 Å². The number of halogens is 1. The van der Waals surface area contributed by atoms with Gasteiger partial charge in [0.2, 0.25) is 11.7 Å². The summed E-state index contributed by atoms with van der Waals surface area (Å²) in [6, 6.07) is 18.0. The molecular weight excluding hydrogens is 456 g/mol. The normalized spacial score (nSPS) is 11.1. The maximum absolute atomic E-state index is 12.9. The molecule has 1 amide bonds. The summed E-state index contributed by atoms with van der Waals surface area (Å²) < 4.78 is 7.88. The molecule has 5 aromatic rings. The average Bonchev–Trinajstić information content (AvgIpc) is 3.45. The van der Waals surface area contributed by atoms with E-state index in [0.717, 1.165) is 22.2 Å². The fourth-order valence-electron chi connectivity index (χ4n) is 3.56. The van der Waals surface area contributed by atoms with E-state index in [2.05, 4.69) is 20.6 Å². The lowest BCUT2D eigenvalue weighted by molar-refractivity contribution is -0.117. The molecule has 0 saturated heterocycles. The Morgan fingerprint density at radius 3 is 2.74 bits per heavy atom. The molecule has 1 N–H and O–H groups in total. The Morgan fingerprint density at radius 2 is 1.94 bits per heavy atom. The highest BCUT2D eigenvalue weighted by Crippen LogP contribution is 2.25. The Hall–Kier alpha value is -4.24. The average molecular weight is 475 g/mol.